The molecule has 13 heavy (non-hydrogen) atoms. The van der Waals surface area contributed by atoms with Crippen LogP contribution in [0.4, 0.5) is 0 Å². The van der Waals surface area contributed by atoms with Gasteiger partial charge in [0.1, 0.15) is 6.61 Å². The average molecular weight is 292 g/mol. The average Bonchev–Trinajstić information content (AvgIpc) is 2.20. The third-order valence-electron chi connectivity index (χ3n) is 1.38. The van der Waals surface area contributed by atoms with E-state index in [1.807, 2.05) is 25.1 Å². The third-order valence-corrected chi connectivity index (χ3v) is 1.38. The molecule has 0 saturated heterocycles. The Labute approximate surface area is 96.2 Å². The molecule has 0 unspecified atom stereocenters. The third kappa shape index (κ3) is 5.22. The summed E-state index contributed by atoms with van der Waals surface area (Å²) in [7, 11) is 0. The van der Waals surface area contributed by atoms with Crippen LogP contribution in [-0.4, -0.2) is 6.61 Å². The zero-order chi connectivity index (χ0) is 10.1. The van der Waals surface area contributed by atoms with Crippen molar-refractivity contribution < 1.29 is 21.1 Å². The molecule has 0 N–H and O–H groups in total. The minimum atomic E-state index is 0.560. The summed E-state index contributed by atoms with van der Waals surface area (Å²) in [4.78, 5) is 0. The Kier molecular flexibility index (Phi) is 8.37. The van der Waals surface area contributed by atoms with Crippen LogP contribution >= 0.6 is 13.6 Å². The molecular formula is C10H11BrOZn. The van der Waals surface area contributed by atoms with Gasteiger partial charge < -0.3 is 4.74 Å². The van der Waals surface area contributed by atoms with Crippen LogP contribution in [0.3, 0.4) is 0 Å². The second kappa shape index (κ2) is 8.46. The SMILES string of the molecule is C=CCOc1cc[c-]cc1C.[Zn+][Br]. The first-order valence-electron chi connectivity index (χ1n) is 3.81. The van der Waals surface area contributed by atoms with Gasteiger partial charge in [0.2, 0.25) is 0 Å². The van der Waals surface area contributed by atoms with Crippen molar-refractivity contribution in [3.8, 4) is 5.75 Å². The van der Waals surface area contributed by atoms with Gasteiger partial charge in [-0.2, -0.15) is 18.2 Å². The summed E-state index contributed by atoms with van der Waals surface area (Å²) in [5.41, 5.74) is 1.11. The van der Waals surface area contributed by atoms with E-state index >= 15 is 0 Å². The molecule has 0 bridgehead atoms. The normalized spacial score (nSPS) is 8.31. The van der Waals surface area contributed by atoms with E-state index in [2.05, 4.69) is 26.3 Å². The fourth-order valence-electron chi connectivity index (χ4n) is 0.810. The number of aryl methyl sites for hydroxylation is 1. The molecular weight excluding hydrogens is 281 g/mol. The molecule has 0 aliphatic rings. The van der Waals surface area contributed by atoms with E-state index < -0.39 is 0 Å². The van der Waals surface area contributed by atoms with Gasteiger partial charge in [-0.25, -0.2) is 0 Å². The first kappa shape index (κ1) is 12.9. The van der Waals surface area contributed by atoms with Crippen LogP contribution in [0.15, 0.2) is 30.9 Å². The van der Waals surface area contributed by atoms with E-state index in [9.17, 15) is 0 Å². The Morgan fingerprint density at radius 3 is 2.92 bits per heavy atom. The Balaban J connectivity index is 0.000000671. The predicted octanol–water partition coefficient (Wildman–Crippen LogP) is 3.20. The molecule has 3 heteroatoms. The molecule has 0 atom stereocenters. The first-order valence-corrected chi connectivity index (χ1v) is 10.8. The number of hydrogen-bond donors (Lipinski definition) is 0. The quantitative estimate of drug-likeness (QED) is 0.472. The number of hydrogen-bond acceptors (Lipinski definition) is 1. The van der Waals surface area contributed by atoms with Crippen molar-refractivity contribution in [3.05, 3.63) is 42.5 Å². The minimum absolute atomic E-state index is 0.560. The molecule has 0 amide bonds. The molecule has 1 aromatic rings. The van der Waals surface area contributed by atoms with E-state index in [1.165, 1.54) is 16.3 Å². The maximum atomic E-state index is 5.35. The summed E-state index contributed by atoms with van der Waals surface area (Å²) in [6, 6.07) is 8.61. The van der Waals surface area contributed by atoms with Gasteiger partial charge in [0.15, 0.2) is 0 Å². The zero-order valence-electron chi connectivity index (χ0n) is 7.72. The van der Waals surface area contributed by atoms with Gasteiger partial charge in [-0.1, -0.05) is 19.6 Å². The number of benzene rings is 1. The molecule has 0 aliphatic heterocycles. The summed E-state index contributed by atoms with van der Waals surface area (Å²) in [6.07, 6.45) is 1.73. The monoisotopic (exact) mass is 290 g/mol. The van der Waals surface area contributed by atoms with E-state index in [1.54, 1.807) is 6.08 Å². The van der Waals surface area contributed by atoms with Crippen molar-refractivity contribution >= 4 is 13.6 Å². The molecule has 66 valence electrons. The predicted molar refractivity (Wildman–Crippen MR) is 54.6 cm³/mol. The van der Waals surface area contributed by atoms with Crippen LogP contribution in [-0.2, 0) is 16.3 Å². The van der Waals surface area contributed by atoms with Gasteiger partial charge >= 0.3 is 30.0 Å². The van der Waals surface area contributed by atoms with Crippen LogP contribution < -0.4 is 4.74 Å². The zero-order valence-corrected chi connectivity index (χ0v) is 12.3. The first-order chi connectivity index (χ1) is 6.34. The van der Waals surface area contributed by atoms with Crippen LogP contribution in [0, 0.1) is 13.0 Å². The van der Waals surface area contributed by atoms with Crippen molar-refractivity contribution in [2.45, 2.75) is 6.92 Å². The molecule has 0 aliphatic carbocycles. The van der Waals surface area contributed by atoms with Gasteiger partial charge in [-0.05, 0) is 0 Å². The molecule has 1 nitrogen and oxygen atoms in total. The molecule has 0 spiro atoms. The number of rotatable bonds is 3. The number of halogens is 1. The Bertz CT molecular complexity index is 250. The Hall–Kier alpha value is -0.137. The van der Waals surface area contributed by atoms with Crippen molar-refractivity contribution in [1.29, 1.82) is 0 Å². The topological polar surface area (TPSA) is 9.23 Å². The van der Waals surface area contributed by atoms with Crippen LogP contribution in [0.25, 0.3) is 0 Å². The molecule has 0 heterocycles. The summed E-state index contributed by atoms with van der Waals surface area (Å²) in [5.74, 6) is 0.906. The van der Waals surface area contributed by atoms with Gasteiger partial charge in [-0.15, -0.1) is 11.6 Å². The van der Waals surface area contributed by atoms with Crippen molar-refractivity contribution in [3.63, 3.8) is 0 Å². The summed E-state index contributed by atoms with van der Waals surface area (Å²) in [6.45, 7) is 6.13. The molecule has 0 saturated carbocycles. The number of ether oxygens (including phenoxy) is 1. The molecule has 1 aromatic carbocycles. The van der Waals surface area contributed by atoms with E-state index in [0.29, 0.717) is 6.61 Å². The second-order valence-corrected chi connectivity index (χ2v) is 2.29. The van der Waals surface area contributed by atoms with Crippen LogP contribution in [0.5, 0.6) is 5.75 Å². The van der Waals surface area contributed by atoms with Gasteiger partial charge in [0.05, 0.1) is 0 Å². The van der Waals surface area contributed by atoms with Crippen molar-refractivity contribution in [2.24, 2.45) is 0 Å². The second-order valence-electron chi connectivity index (χ2n) is 2.29. The molecule has 0 aromatic heterocycles. The maximum absolute atomic E-state index is 5.35. The summed E-state index contributed by atoms with van der Waals surface area (Å²) < 4.78 is 5.35. The molecule has 0 radical (unpaired) electrons. The van der Waals surface area contributed by atoms with Crippen molar-refractivity contribution in [1.82, 2.24) is 0 Å². The van der Waals surface area contributed by atoms with Gasteiger partial charge in [0, 0.05) is 5.75 Å². The van der Waals surface area contributed by atoms with E-state index in [4.69, 9.17) is 4.74 Å². The molecule has 1 rings (SSSR count). The Morgan fingerprint density at radius 1 is 1.69 bits per heavy atom. The summed E-state index contributed by atoms with van der Waals surface area (Å²) >= 11 is 4.25. The van der Waals surface area contributed by atoms with Crippen molar-refractivity contribution in [2.75, 3.05) is 6.61 Å². The fraction of sp³-hybridized carbons (Fsp3) is 0.200. The van der Waals surface area contributed by atoms with Crippen LogP contribution in [0.1, 0.15) is 5.56 Å². The van der Waals surface area contributed by atoms with Crippen LogP contribution in [0.2, 0.25) is 0 Å². The standard InChI is InChI=1S/C10H11O.BrH.Zn/c1-3-8-11-10-7-5-4-6-9(10)2;;/h3,5-7H,1,8H2,2H3;1H;/q-1;;+2/p-1. The van der Waals surface area contributed by atoms with E-state index in [0.717, 1.165) is 11.3 Å². The molecule has 0 fully saturated rings. The summed E-state index contributed by atoms with van der Waals surface area (Å²) in [5, 5.41) is 0. The van der Waals surface area contributed by atoms with Gasteiger partial charge in [0.25, 0.3) is 0 Å². The van der Waals surface area contributed by atoms with E-state index in [-0.39, 0.29) is 0 Å². The van der Waals surface area contributed by atoms with Gasteiger partial charge in [-0.3, -0.25) is 0 Å². The Morgan fingerprint density at radius 2 is 2.38 bits per heavy atom. The fourth-order valence-corrected chi connectivity index (χ4v) is 0.810.